The topological polar surface area (TPSA) is 81.1 Å². The highest BCUT2D eigenvalue weighted by Crippen LogP contribution is 2.28. The van der Waals surface area contributed by atoms with Crippen molar-refractivity contribution in [2.75, 3.05) is 19.8 Å². The lowest BCUT2D eigenvalue weighted by Crippen LogP contribution is -2.43. The Labute approximate surface area is 175 Å². The van der Waals surface area contributed by atoms with Crippen molar-refractivity contribution < 1.29 is 14.2 Å². The van der Waals surface area contributed by atoms with E-state index in [0.29, 0.717) is 26.2 Å². The second kappa shape index (κ2) is 9.37. The molecule has 0 fully saturated rings. The quantitative estimate of drug-likeness (QED) is 0.532. The third-order valence-electron chi connectivity index (χ3n) is 4.76. The summed E-state index contributed by atoms with van der Waals surface area (Å²) < 4.78 is 17.7. The minimum absolute atomic E-state index is 0.519. The van der Waals surface area contributed by atoms with E-state index in [1.807, 2.05) is 67.9 Å². The monoisotopic (exact) mass is 404 g/mol. The number of hydrogen-bond donors (Lipinski definition) is 1. The van der Waals surface area contributed by atoms with E-state index in [2.05, 4.69) is 20.2 Å². The van der Waals surface area contributed by atoms with Gasteiger partial charge in [0.1, 0.15) is 23.6 Å². The highest BCUT2D eigenvalue weighted by Gasteiger charge is 2.31. The van der Waals surface area contributed by atoms with Crippen molar-refractivity contribution in [3.05, 3.63) is 60.9 Å². The first-order chi connectivity index (χ1) is 14.8. The molecule has 1 N–H and O–H groups in total. The summed E-state index contributed by atoms with van der Waals surface area (Å²) in [5.41, 5.74) is 1.53. The van der Waals surface area contributed by atoms with Crippen LogP contribution in [0.4, 0.5) is 0 Å². The Kier molecular flexibility index (Phi) is 6.20. The number of nitrogens with one attached hydrogen (secondary N) is 1. The molecule has 3 aromatic rings. The standard InChI is InChI=1S/C23H24N4O3/c1-2-28-12-11-23(15-24-17-25-16-23)30-22-9-7-21(8-10-22)29-20-5-3-18(4-6-20)19-13-26-27-14-19/h3-10,13-15,17H,2,11-12,16H2,1H3,(H,26,27). The zero-order chi connectivity index (χ0) is 20.7. The number of aromatic nitrogens is 2. The molecule has 0 saturated carbocycles. The maximum absolute atomic E-state index is 6.24. The Morgan fingerprint density at radius 2 is 1.70 bits per heavy atom. The first-order valence-corrected chi connectivity index (χ1v) is 9.93. The molecule has 0 bridgehead atoms. The van der Waals surface area contributed by atoms with Gasteiger partial charge in [-0.15, -0.1) is 0 Å². The molecule has 1 aromatic heterocycles. The molecule has 154 valence electrons. The van der Waals surface area contributed by atoms with Gasteiger partial charge in [0.05, 0.1) is 25.6 Å². The van der Waals surface area contributed by atoms with E-state index in [9.17, 15) is 0 Å². The van der Waals surface area contributed by atoms with Gasteiger partial charge in [0.15, 0.2) is 5.60 Å². The molecule has 30 heavy (non-hydrogen) atoms. The van der Waals surface area contributed by atoms with E-state index in [1.165, 1.54) is 0 Å². The van der Waals surface area contributed by atoms with Crippen molar-refractivity contribution in [1.29, 1.82) is 0 Å². The van der Waals surface area contributed by atoms with Crippen molar-refractivity contribution in [3.63, 3.8) is 0 Å². The third kappa shape index (κ3) is 4.93. The summed E-state index contributed by atoms with van der Waals surface area (Å²) in [6.07, 6.45) is 7.70. The van der Waals surface area contributed by atoms with Gasteiger partial charge in [0, 0.05) is 24.8 Å². The largest absolute Gasteiger partial charge is 0.480 e. The molecule has 1 aliphatic heterocycles. The van der Waals surface area contributed by atoms with Gasteiger partial charge in [0.2, 0.25) is 0 Å². The number of aliphatic imine (C=N–C) groups is 2. The second-order valence-corrected chi connectivity index (χ2v) is 6.93. The molecule has 7 nitrogen and oxygen atoms in total. The van der Waals surface area contributed by atoms with Gasteiger partial charge in [-0.25, -0.2) is 4.99 Å². The molecular weight excluding hydrogens is 380 g/mol. The van der Waals surface area contributed by atoms with Crippen LogP contribution in [0.3, 0.4) is 0 Å². The maximum Gasteiger partial charge on any atom is 0.166 e. The van der Waals surface area contributed by atoms with Crippen LogP contribution in [0, 0.1) is 0 Å². The van der Waals surface area contributed by atoms with E-state index >= 15 is 0 Å². The van der Waals surface area contributed by atoms with Crippen LogP contribution in [0.2, 0.25) is 0 Å². The molecule has 0 radical (unpaired) electrons. The lowest BCUT2D eigenvalue weighted by Gasteiger charge is -2.30. The highest BCUT2D eigenvalue weighted by atomic mass is 16.5. The molecule has 1 aliphatic rings. The van der Waals surface area contributed by atoms with Crippen LogP contribution in [0.15, 0.2) is 70.9 Å². The first-order valence-electron chi connectivity index (χ1n) is 9.93. The summed E-state index contributed by atoms with van der Waals surface area (Å²) in [6.45, 7) is 3.76. The van der Waals surface area contributed by atoms with E-state index in [1.54, 1.807) is 12.5 Å². The Morgan fingerprint density at radius 3 is 2.33 bits per heavy atom. The van der Waals surface area contributed by atoms with Crippen LogP contribution in [0.5, 0.6) is 17.2 Å². The van der Waals surface area contributed by atoms with E-state index < -0.39 is 5.60 Å². The first kappa shape index (κ1) is 19.8. The van der Waals surface area contributed by atoms with E-state index in [0.717, 1.165) is 28.4 Å². The van der Waals surface area contributed by atoms with Gasteiger partial charge < -0.3 is 14.2 Å². The number of ether oxygens (including phenoxy) is 3. The number of rotatable bonds is 9. The fraction of sp³-hybridized carbons (Fsp3) is 0.261. The Balaban J connectivity index is 1.39. The third-order valence-corrected chi connectivity index (χ3v) is 4.76. The van der Waals surface area contributed by atoms with Crippen molar-refractivity contribution >= 4 is 12.6 Å². The molecule has 0 amide bonds. The van der Waals surface area contributed by atoms with Crippen molar-refractivity contribution in [2.24, 2.45) is 9.98 Å². The average Bonchev–Trinajstić information content (AvgIpc) is 3.32. The fourth-order valence-electron chi connectivity index (χ4n) is 3.17. The smallest absolute Gasteiger partial charge is 0.166 e. The number of hydrogen-bond acceptors (Lipinski definition) is 6. The number of aromatic amines is 1. The zero-order valence-corrected chi connectivity index (χ0v) is 16.8. The minimum atomic E-state index is -0.588. The molecule has 4 rings (SSSR count). The van der Waals surface area contributed by atoms with Crippen molar-refractivity contribution in [1.82, 2.24) is 10.2 Å². The van der Waals surface area contributed by atoms with Gasteiger partial charge in [-0.2, -0.15) is 5.10 Å². The molecule has 1 atom stereocenters. The fourth-order valence-corrected chi connectivity index (χ4v) is 3.17. The summed E-state index contributed by atoms with van der Waals surface area (Å²) in [4.78, 5) is 8.45. The molecule has 7 heteroatoms. The minimum Gasteiger partial charge on any atom is -0.480 e. The second-order valence-electron chi connectivity index (χ2n) is 6.93. The van der Waals surface area contributed by atoms with Crippen LogP contribution in [0.1, 0.15) is 13.3 Å². The van der Waals surface area contributed by atoms with E-state index in [-0.39, 0.29) is 0 Å². The van der Waals surface area contributed by atoms with Crippen molar-refractivity contribution in [3.8, 4) is 28.4 Å². The van der Waals surface area contributed by atoms with Gasteiger partial charge in [0.25, 0.3) is 0 Å². The van der Waals surface area contributed by atoms with Crippen LogP contribution < -0.4 is 9.47 Å². The summed E-state index contributed by atoms with van der Waals surface area (Å²) in [7, 11) is 0. The summed E-state index contributed by atoms with van der Waals surface area (Å²) >= 11 is 0. The molecule has 0 spiro atoms. The van der Waals surface area contributed by atoms with Gasteiger partial charge in [-0.05, 0) is 48.9 Å². The average molecular weight is 404 g/mol. The van der Waals surface area contributed by atoms with Crippen molar-refractivity contribution in [2.45, 2.75) is 18.9 Å². The lowest BCUT2D eigenvalue weighted by molar-refractivity contribution is 0.0771. The summed E-state index contributed by atoms with van der Waals surface area (Å²) in [6, 6.07) is 15.4. The molecule has 0 saturated heterocycles. The zero-order valence-electron chi connectivity index (χ0n) is 16.8. The molecule has 1 unspecified atom stereocenters. The van der Waals surface area contributed by atoms with Crippen LogP contribution in [-0.4, -0.2) is 48.1 Å². The molecule has 0 aliphatic carbocycles. The molecule has 2 heterocycles. The predicted molar refractivity (Wildman–Crippen MR) is 117 cm³/mol. The van der Waals surface area contributed by atoms with Gasteiger partial charge in [-0.3, -0.25) is 10.1 Å². The molecular formula is C23H24N4O3. The Morgan fingerprint density at radius 1 is 0.967 bits per heavy atom. The maximum atomic E-state index is 6.24. The lowest BCUT2D eigenvalue weighted by atomic mass is 10.0. The Bertz CT molecular complexity index is 982. The Hall–Kier alpha value is -3.45. The molecule has 2 aromatic carbocycles. The SMILES string of the molecule is CCOCCC1(Oc2ccc(Oc3ccc(-c4cn[nH]c4)cc3)cc2)C=NC=NC1. The number of nitrogens with zero attached hydrogens (tertiary/aromatic N) is 3. The normalized spacial score (nSPS) is 17.8. The highest BCUT2D eigenvalue weighted by molar-refractivity contribution is 5.81. The van der Waals surface area contributed by atoms with Crippen LogP contribution >= 0.6 is 0 Å². The number of H-pyrrole nitrogens is 1. The number of benzene rings is 2. The predicted octanol–water partition coefficient (Wildman–Crippen LogP) is 4.53. The summed E-state index contributed by atoms with van der Waals surface area (Å²) in [5, 5.41) is 6.79. The van der Waals surface area contributed by atoms with Crippen LogP contribution in [0.25, 0.3) is 11.1 Å². The van der Waals surface area contributed by atoms with Crippen LogP contribution in [-0.2, 0) is 4.74 Å². The van der Waals surface area contributed by atoms with E-state index in [4.69, 9.17) is 14.2 Å². The summed E-state index contributed by atoms with van der Waals surface area (Å²) in [5.74, 6) is 2.23. The van der Waals surface area contributed by atoms with Gasteiger partial charge >= 0.3 is 0 Å². The van der Waals surface area contributed by atoms with Gasteiger partial charge in [-0.1, -0.05) is 12.1 Å².